The number of anilines is 2. The molecule has 2 rings (SSSR count). The smallest absolute Gasteiger partial charge is 0.123 e. The summed E-state index contributed by atoms with van der Waals surface area (Å²) in [5, 5.41) is 3.37. The van der Waals surface area contributed by atoms with E-state index in [-0.39, 0.29) is 0 Å². The number of hydrogen-bond acceptors (Lipinski definition) is 4. The van der Waals surface area contributed by atoms with Crippen LogP contribution in [0.15, 0.2) is 41.1 Å². The lowest BCUT2D eigenvalue weighted by molar-refractivity contribution is 0.495. The van der Waals surface area contributed by atoms with Crippen molar-refractivity contribution in [2.45, 2.75) is 25.8 Å². The molecule has 90 valence electrons. The number of nitrogens with zero attached hydrogens (tertiary/aromatic N) is 1. The van der Waals surface area contributed by atoms with Gasteiger partial charge in [0.25, 0.3) is 0 Å². The van der Waals surface area contributed by atoms with E-state index < -0.39 is 0 Å². The van der Waals surface area contributed by atoms with E-state index in [2.05, 4.69) is 17.2 Å². The van der Waals surface area contributed by atoms with Crippen molar-refractivity contribution < 1.29 is 4.42 Å². The van der Waals surface area contributed by atoms with E-state index in [4.69, 9.17) is 10.2 Å². The van der Waals surface area contributed by atoms with Gasteiger partial charge in [0.15, 0.2) is 0 Å². The third-order valence-electron chi connectivity index (χ3n) is 2.60. The van der Waals surface area contributed by atoms with Crippen LogP contribution < -0.4 is 11.1 Å². The van der Waals surface area contributed by atoms with Crippen LogP contribution in [0.4, 0.5) is 11.5 Å². The first kappa shape index (κ1) is 11.5. The fourth-order valence-corrected chi connectivity index (χ4v) is 1.66. The zero-order chi connectivity index (χ0) is 12.1. The Labute approximate surface area is 101 Å². The van der Waals surface area contributed by atoms with Crippen molar-refractivity contribution in [3.8, 4) is 0 Å². The van der Waals surface area contributed by atoms with Gasteiger partial charge in [-0.25, -0.2) is 4.98 Å². The zero-order valence-electron chi connectivity index (χ0n) is 9.89. The van der Waals surface area contributed by atoms with Crippen molar-refractivity contribution in [3.05, 3.63) is 42.5 Å². The summed E-state index contributed by atoms with van der Waals surface area (Å²) in [6.45, 7) is 2.14. The first-order valence-electron chi connectivity index (χ1n) is 5.74. The molecular weight excluding hydrogens is 214 g/mol. The predicted molar refractivity (Wildman–Crippen MR) is 68.8 cm³/mol. The fraction of sp³-hybridized carbons (Fsp3) is 0.308. The third-order valence-corrected chi connectivity index (χ3v) is 2.60. The summed E-state index contributed by atoms with van der Waals surface area (Å²) in [5.41, 5.74) is 6.52. The first-order valence-corrected chi connectivity index (χ1v) is 5.74. The molecule has 0 aliphatic carbocycles. The number of rotatable bonds is 5. The summed E-state index contributed by atoms with van der Waals surface area (Å²) in [6.07, 6.45) is 5.40. The van der Waals surface area contributed by atoms with Crippen LogP contribution in [0.1, 0.15) is 19.1 Å². The van der Waals surface area contributed by atoms with Gasteiger partial charge in [-0.05, 0) is 37.6 Å². The van der Waals surface area contributed by atoms with Crippen molar-refractivity contribution in [3.63, 3.8) is 0 Å². The molecule has 0 bridgehead atoms. The van der Waals surface area contributed by atoms with E-state index in [0.717, 1.165) is 24.3 Å². The Morgan fingerprint density at radius 1 is 1.41 bits per heavy atom. The maximum atomic E-state index is 5.53. The molecule has 17 heavy (non-hydrogen) atoms. The topological polar surface area (TPSA) is 64.1 Å². The van der Waals surface area contributed by atoms with E-state index >= 15 is 0 Å². The van der Waals surface area contributed by atoms with Crippen LogP contribution in [0.2, 0.25) is 0 Å². The van der Waals surface area contributed by atoms with Gasteiger partial charge in [-0.2, -0.15) is 0 Å². The number of furan rings is 1. The van der Waals surface area contributed by atoms with E-state index in [1.165, 1.54) is 0 Å². The molecule has 2 aromatic rings. The SMILES string of the molecule is CC(CCc1ccco1)Nc1ccc(N)nc1. The number of aryl methyl sites for hydroxylation is 1. The predicted octanol–water partition coefficient (Wildman–Crippen LogP) is 2.69. The summed E-state index contributed by atoms with van der Waals surface area (Å²) in [6, 6.07) is 8.01. The van der Waals surface area contributed by atoms with Gasteiger partial charge in [0, 0.05) is 12.5 Å². The summed E-state index contributed by atoms with van der Waals surface area (Å²) in [7, 11) is 0. The number of nitrogens with one attached hydrogen (secondary N) is 1. The lowest BCUT2D eigenvalue weighted by Gasteiger charge is -2.14. The minimum absolute atomic E-state index is 0.366. The van der Waals surface area contributed by atoms with Gasteiger partial charge < -0.3 is 15.5 Å². The normalized spacial score (nSPS) is 12.3. The van der Waals surface area contributed by atoms with Gasteiger partial charge in [0.2, 0.25) is 0 Å². The Bertz CT molecular complexity index is 436. The molecule has 0 saturated carbocycles. The highest BCUT2D eigenvalue weighted by Crippen LogP contribution is 2.12. The van der Waals surface area contributed by atoms with Crippen molar-refractivity contribution in [2.24, 2.45) is 0 Å². The number of nitrogens with two attached hydrogens (primary N) is 1. The Morgan fingerprint density at radius 2 is 2.29 bits per heavy atom. The van der Waals surface area contributed by atoms with E-state index in [9.17, 15) is 0 Å². The second kappa shape index (κ2) is 5.39. The average molecular weight is 231 g/mol. The Balaban J connectivity index is 1.80. The van der Waals surface area contributed by atoms with Crippen molar-refractivity contribution in [2.75, 3.05) is 11.1 Å². The molecule has 0 aliphatic heterocycles. The van der Waals surface area contributed by atoms with Gasteiger partial charge in [-0.3, -0.25) is 0 Å². The molecule has 0 saturated heterocycles. The minimum Gasteiger partial charge on any atom is -0.469 e. The van der Waals surface area contributed by atoms with Crippen LogP contribution in [0, 0.1) is 0 Å². The van der Waals surface area contributed by atoms with Crippen molar-refractivity contribution in [1.82, 2.24) is 4.98 Å². The van der Waals surface area contributed by atoms with E-state index in [0.29, 0.717) is 11.9 Å². The number of nitrogen functional groups attached to an aromatic ring is 1. The summed E-state index contributed by atoms with van der Waals surface area (Å²) in [5.74, 6) is 1.56. The standard InChI is InChI=1S/C13H17N3O/c1-10(4-6-12-3-2-8-17-12)16-11-5-7-13(14)15-9-11/h2-3,5,7-10,16H,4,6H2,1H3,(H2,14,15). The van der Waals surface area contributed by atoms with Gasteiger partial charge in [0.05, 0.1) is 18.1 Å². The molecule has 0 spiro atoms. The number of hydrogen-bond donors (Lipinski definition) is 2. The molecule has 2 heterocycles. The molecule has 4 heteroatoms. The molecule has 0 aliphatic rings. The maximum Gasteiger partial charge on any atom is 0.123 e. The largest absolute Gasteiger partial charge is 0.469 e. The second-order valence-corrected chi connectivity index (χ2v) is 4.14. The van der Waals surface area contributed by atoms with Crippen LogP contribution >= 0.6 is 0 Å². The van der Waals surface area contributed by atoms with Gasteiger partial charge in [0.1, 0.15) is 11.6 Å². The van der Waals surface area contributed by atoms with Gasteiger partial charge >= 0.3 is 0 Å². The van der Waals surface area contributed by atoms with Crippen LogP contribution in [-0.2, 0) is 6.42 Å². The molecule has 0 aromatic carbocycles. The lowest BCUT2D eigenvalue weighted by atomic mass is 10.1. The van der Waals surface area contributed by atoms with Crippen LogP contribution in [0.5, 0.6) is 0 Å². The Morgan fingerprint density at radius 3 is 2.94 bits per heavy atom. The quantitative estimate of drug-likeness (QED) is 0.830. The molecule has 0 radical (unpaired) electrons. The molecule has 3 N–H and O–H groups in total. The molecule has 1 unspecified atom stereocenters. The Kier molecular flexibility index (Phi) is 3.65. The number of pyridine rings is 1. The van der Waals surface area contributed by atoms with E-state index in [1.807, 2.05) is 18.2 Å². The molecule has 1 atom stereocenters. The van der Waals surface area contributed by atoms with E-state index in [1.54, 1.807) is 18.5 Å². The lowest BCUT2D eigenvalue weighted by Crippen LogP contribution is -2.16. The minimum atomic E-state index is 0.366. The Hall–Kier alpha value is -1.97. The van der Waals surface area contributed by atoms with Gasteiger partial charge in [-0.15, -0.1) is 0 Å². The molecule has 0 amide bonds. The van der Waals surface area contributed by atoms with Crippen LogP contribution in [-0.4, -0.2) is 11.0 Å². The zero-order valence-corrected chi connectivity index (χ0v) is 9.89. The highest BCUT2D eigenvalue weighted by Gasteiger charge is 2.04. The van der Waals surface area contributed by atoms with Crippen molar-refractivity contribution in [1.29, 1.82) is 0 Å². The average Bonchev–Trinajstić information content (AvgIpc) is 2.83. The monoisotopic (exact) mass is 231 g/mol. The first-order chi connectivity index (χ1) is 8.24. The summed E-state index contributed by atoms with van der Waals surface area (Å²) >= 11 is 0. The number of aromatic nitrogens is 1. The third kappa shape index (κ3) is 3.52. The van der Waals surface area contributed by atoms with Crippen LogP contribution in [0.25, 0.3) is 0 Å². The summed E-state index contributed by atoms with van der Waals surface area (Å²) < 4.78 is 5.29. The molecular formula is C13H17N3O. The highest BCUT2D eigenvalue weighted by molar-refractivity contribution is 5.45. The summed E-state index contributed by atoms with van der Waals surface area (Å²) in [4.78, 5) is 4.04. The molecule has 2 aromatic heterocycles. The van der Waals surface area contributed by atoms with Gasteiger partial charge in [-0.1, -0.05) is 0 Å². The second-order valence-electron chi connectivity index (χ2n) is 4.14. The molecule has 4 nitrogen and oxygen atoms in total. The van der Waals surface area contributed by atoms with Crippen molar-refractivity contribution >= 4 is 11.5 Å². The maximum absolute atomic E-state index is 5.53. The highest BCUT2D eigenvalue weighted by atomic mass is 16.3. The fourth-order valence-electron chi connectivity index (χ4n) is 1.66. The van der Waals surface area contributed by atoms with Crippen LogP contribution in [0.3, 0.4) is 0 Å². The molecule has 0 fully saturated rings.